The van der Waals surface area contributed by atoms with Gasteiger partial charge in [-0.2, -0.15) is 0 Å². The normalized spacial score (nSPS) is 11.3. The minimum atomic E-state index is -3.85. The van der Waals surface area contributed by atoms with Gasteiger partial charge >= 0.3 is 0 Å². The van der Waals surface area contributed by atoms with E-state index in [0.717, 1.165) is 22.5 Å². The van der Waals surface area contributed by atoms with E-state index in [1.54, 1.807) is 0 Å². The van der Waals surface area contributed by atoms with Crippen molar-refractivity contribution >= 4 is 21.4 Å². The highest BCUT2D eigenvalue weighted by molar-refractivity contribution is 7.92. The van der Waals surface area contributed by atoms with Crippen LogP contribution in [0.2, 0.25) is 0 Å². The monoisotopic (exact) mass is 342 g/mol. The molecule has 0 unspecified atom stereocenters. The van der Waals surface area contributed by atoms with Gasteiger partial charge in [-0.1, -0.05) is 12.1 Å². The molecule has 0 spiro atoms. The van der Waals surface area contributed by atoms with Crippen molar-refractivity contribution in [2.75, 3.05) is 11.4 Å². The van der Waals surface area contributed by atoms with Crippen LogP contribution in [0.4, 0.5) is 20.2 Å². The van der Waals surface area contributed by atoms with E-state index in [1.807, 2.05) is 0 Å². The summed E-state index contributed by atoms with van der Waals surface area (Å²) in [6, 6.07) is 7.81. The van der Waals surface area contributed by atoms with Gasteiger partial charge in [-0.15, -0.1) is 0 Å². The molecule has 0 amide bonds. The molecule has 0 atom stereocenters. The number of nitrogens with zero attached hydrogens (tertiary/aromatic N) is 2. The zero-order valence-corrected chi connectivity index (χ0v) is 12.8. The average molecular weight is 342 g/mol. The van der Waals surface area contributed by atoms with Crippen molar-refractivity contribution in [2.24, 2.45) is 0 Å². The largest absolute Gasteiger partial charge is 0.273 e. The van der Waals surface area contributed by atoms with Gasteiger partial charge < -0.3 is 0 Å². The van der Waals surface area contributed by atoms with Crippen LogP contribution in [-0.2, 0) is 15.8 Å². The van der Waals surface area contributed by atoms with Crippen molar-refractivity contribution in [3.63, 3.8) is 0 Å². The van der Waals surface area contributed by atoms with Gasteiger partial charge in [0.25, 0.3) is 5.69 Å². The molecule has 9 heteroatoms. The summed E-state index contributed by atoms with van der Waals surface area (Å²) in [7, 11) is -2.64. The van der Waals surface area contributed by atoms with Gasteiger partial charge in [-0.05, 0) is 17.7 Å². The Labute approximate surface area is 131 Å². The lowest BCUT2D eigenvalue weighted by Crippen LogP contribution is -2.28. The lowest BCUT2D eigenvalue weighted by Gasteiger charge is -2.19. The molecule has 0 bridgehead atoms. The summed E-state index contributed by atoms with van der Waals surface area (Å²) in [6.07, 6.45) is 0. The molecule has 6 nitrogen and oxygen atoms in total. The second-order valence-corrected chi connectivity index (χ2v) is 6.75. The van der Waals surface area contributed by atoms with Crippen molar-refractivity contribution in [3.8, 4) is 0 Å². The van der Waals surface area contributed by atoms with E-state index in [1.165, 1.54) is 31.3 Å². The molecular formula is C14H12F2N2O4S. The molecule has 0 radical (unpaired) electrons. The fourth-order valence-electron chi connectivity index (χ4n) is 1.86. The third-order valence-electron chi connectivity index (χ3n) is 3.18. The zero-order valence-electron chi connectivity index (χ0n) is 11.9. The van der Waals surface area contributed by atoms with Crippen LogP contribution in [0.15, 0.2) is 42.5 Å². The van der Waals surface area contributed by atoms with Crippen molar-refractivity contribution in [1.29, 1.82) is 0 Å². The average Bonchev–Trinajstić information content (AvgIpc) is 2.49. The van der Waals surface area contributed by atoms with Crippen LogP contribution in [0.25, 0.3) is 0 Å². The molecule has 2 aromatic rings. The van der Waals surface area contributed by atoms with Gasteiger partial charge in [0.15, 0.2) is 11.6 Å². The van der Waals surface area contributed by atoms with Gasteiger partial charge in [0.05, 0.1) is 16.4 Å². The zero-order chi connectivity index (χ0) is 17.2. The molecule has 0 aliphatic heterocycles. The van der Waals surface area contributed by atoms with Crippen molar-refractivity contribution in [2.45, 2.75) is 5.75 Å². The number of rotatable bonds is 5. The molecular weight excluding hydrogens is 330 g/mol. The van der Waals surface area contributed by atoms with Crippen LogP contribution in [0.5, 0.6) is 0 Å². The molecule has 0 saturated carbocycles. The first-order chi connectivity index (χ1) is 10.7. The van der Waals surface area contributed by atoms with E-state index < -0.39 is 32.3 Å². The number of nitro groups is 1. The van der Waals surface area contributed by atoms with Gasteiger partial charge in [-0.3, -0.25) is 14.4 Å². The van der Waals surface area contributed by atoms with Gasteiger partial charge in [0, 0.05) is 25.2 Å². The minimum Gasteiger partial charge on any atom is -0.273 e. The lowest BCUT2D eigenvalue weighted by atomic mass is 10.2. The number of sulfonamides is 1. The Balaban J connectivity index is 2.23. The van der Waals surface area contributed by atoms with Crippen molar-refractivity contribution in [3.05, 3.63) is 69.8 Å². The highest BCUT2D eigenvalue weighted by atomic mass is 32.2. The predicted molar refractivity (Wildman–Crippen MR) is 80.5 cm³/mol. The molecule has 0 fully saturated rings. The Morgan fingerprint density at radius 1 is 1.09 bits per heavy atom. The highest BCUT2D eigenvalue weighted by Crippen LogP contribution is 2.22. The SMILES string of the molecule is CN(c1ccc(F)c(F)c1)S(=O)(=O)Cc1ccc([N+](=O)[O-])cc1. The van der Waals surface area contributed by atoms with E-state index in [9.17, 15) is 27.3 Å². The van der Waals surface area contributed by atoms with Crippen molar-refractivity contribution in [1.82, 2.24) is 0 Å². The van der Waals surface area contributed by atoms with Crippen LogP contribution < -0.4 is 4.31 Å². The van der Waals surface area contributed by atoms with Crippen LogP contribution in [0, 0.1) is 21.7 Å². The fourth-order valence-corrected chi connectivity index (χ4v) is 3.10. The smallest absolute Gasteiger partial charge is 0.269 e. The number of hydrogen-bond acceptors (Lipinski definition) is 4. The first-order valence-electron chi connectivity index (χ1n) is 6.36. The second-order valence-electron chi connectivity index (χ2n) is 4.75. The van der Waals surface area contributed by atoms with Gasteiger partial charge in [-0.25, -0.2) is 17.2 Å². The molecule has 0 aliphatic rings. The van der Waals surface area contributed by atoms with Gasteiger partial charge in [0.2, 0.25) is 10.0 Å². The first-order valence-corrected chi connectivity index (χ1v) is 7.96. The minimum absolute atomic E-state index is 0.0224. The van der Waals surface area contributed by atoms with Crippen molar-refractivity contribution < 1.29 is 22.1 Å². The Hall–Kier alpha value is -2.55. The topological polar surface area (TPSA) is 80.5 Å². The second kappa shape index (κ2) is 6.29. The number of benzene rings is 2. The Morgan fingerprint density at radius 2 is 1.70 bits per heavy atom. The maximum absolute atomic E-state index is 13.2. The molecule has 0 heterocycles. The standard InChI is InChI=1S/C14H12F2N2O4S/c1-17(12-6-7-13(15)14(16)8-12)23(21,22)9-10-2-4-11(5-3-10)18(19)20/h2-8H,9H2,1H3. The number of hydrogen-bond donors (Lipinski definition) is 0. The quantitative estimate of drug-likeness (QED) is 0.618. The summed E-state index contributed by atoms with van der Waals surface area (Å²) >= 11 is 0. The third-order valence-corrected chi connectivity index (χ3v) is 4.92. The number of halogens is 2. The predicted octanol–water partition coefficient (Wildman–Crippen LogP) is 2.84. The molecule has 0 aromatic heterocycles. The molecule has 2 aromatic carbocycles. The first kappa shape index (κ1) is 16.8. The van der Waals surface area contributed by atoms with Crippen LogP contribution in [0.1, 0.15) is 5.56 Å². The van der Waals surface area contributed by atoms with Crippen LogP contribution in [-0.4, -0.2) is 20.4 Å². The Morgan fingerprint density at radius 3 is 2.22 bits per heavy atom. The summed E-state index contributed by atoms with van der Waals surface area (Å²) in [5, 5.41) is 10.6. The summed E-state index contributed by atoms with van der Waals surface area (Å²) < 4.78 is 51.5. The lowest BCUT2D eigenvalue weighted by molar-refractivity contribution is -0.384. The highest BCUT2D eigenvalue weighted by Gasteiger charge is 2.20. The number of nitro benzene ring substituents is 1. The molecule has 2 rings (SSSR count). The van der Waals surface area contributed by atoms with E-state index in [0.29, 0.717) is 5.56 Å². The van der Waals surface area contributed by atoms with Crippen LogP contribution >= 0.6 is 0 Å². The third kappa shape index (κ3) is 3.81. The van der Waals surface area contributed by atoms with Gasteiger partial charge in [0.1, 0.15) is 0 Å². The Kier molecular flexibility index (Phi) is 4.60. The Bertz CT molecular complexity index is 838. The number of anilines is 1. The summed E-state index contributed by atoms with van der Waals surface area (Å²) in [4.78, 5) is 9.97. The molecule has 0 aliphatic carbocycles. The van der Waals surface area contributed by atoms with Crippen LogP contribution in [0.3, 0.4) is 0 Å². The molecule has 23 heavy (non-hydrogen) atoms. The van der Waals surface area contributed by atoms with E-state index in [2.05, 4.69) is 0 Å². The molecule has 122 valence electrons. The maximum atomic E-state index is 13.2. The summed E-state index contributed by atoms with van der Waals surface area (Å²) in [5.41, 5.74) is 0.163. The maximum Gasteiger partial charge on any atom is 0.269 e. The number of non-ortho nitro benzene ring substituents is 1. The van der Waals surface area contributed by atoms with E-state index >= 15 is 0 Å². The fraction of sp³-hybridized carbons (Fsp3) is 0.143. The molecule has 0 saturated heterocycles. The molecule has 0 N–H and O–H groups in total. The van der Waals surface area contributed by atoms with E-state index in [-0.39, 0.29) is 11.4 Å². The summed E-state index contributed by atoms with van der Waals surface area (Å²) in [5.74, 6) is -2.66. The summed E-state index contributed by atoms with van der Waals surface area (Å²) in [6.45, 7) is 0. The van der Waals surface area contributed by atoms with E-state index in [4.69, 9.17) is 0 Å².